The van der Waals surface area contributed by atoms with Crippen molar-refractivity contribution < 1.29 is 9.26 Å². The molecule has 5 nitrogen and oxygen atoms in total. The standard InChI is InChI=1S/C16H27N3O2/c1-4-20-16(8-5-6-11(2)10-16)15-18-14(21-19-15)13-12(3)7-9-17-13/h11-13,17H,4-10H2,1-3H3. The van der Waals surface area contributed by atoms with E-state index in [1.165, 1.54) is 12.8 Å². The topological polar surface area (TPSA) is 60.2 Å². The molecule has 2 fully saturated rings. The Morgan fingerprint density at radius 3 is 2.90 bits per heavy atom. The van der Waals surface area contributed by atoms with E-state index < -0.39 is 0 Å². The molecule has 1 aliphatic heterocycles. The molecule has 21 heavy (non-hydrogen) atoms. The van der Waals surface area contributed by atoms with Crippen molar-refractivity contribution in [2.75, 3.05) is 13.2 Å². The number of hydrogen-bond donors (Lipinski definition) is 1. The fourth-order valence-corrected chi connectivity index (χ4v) is 3.89. The highest BCUT2D eigenvalue weighted by Gasteiger charge is 2.42. The first-order valence-corrected chi connectivity index (χ1v) is 8.36. The summed E-state index contributed by atoms with van der Waals surface area (Å²) in [6, 6.07) is 0.200. The lowest BCUT2D eigenvalue weighted by Crippen LogP contribution is -2.36. The zero-order valence-electron chi connectivity index (χ0n) is 13.4. The largest absolute Gasteiger partial charge is 0.367 e. The number of ether oxygens (including phenoxy) is 1. The van der Waals surface area contributed by atoms with Crippen LogP contribution in [0.2, 0.25) is 0 Å². The van der Waals surface area contributed by atoms with Crippen LogP contribution in [-0.2, 0) is 10.3 Å². The molecule has 1 aromatic rings. The Balaban J connectivity index is 1.85. The van der Waals surface area contributed by atoms with E-state index >= 15 is 0 Å². The van der Waals surface area contributed by atoms with E-state index in [2.05, 4.69) is 24.3 Å². The lowest BCUT2D eigenvalue weighted by Gasteiger charge is -2.37. The second-order valence-corrected chi connectivity index (χ2v) is 6.78. The van der Waals surface area contributed by atoms with Crippen molar-refractivity contribution in [2.24, 2.45) is 11.8 Å². The van der Waals surface area contributed by atoms with Gasteiger partial charge in [-0.1, -0.05) is 25.4 Å². The van der Waals surface area contributed by atoms with Crippen LogP contribution >= 0.6 is 0 Å². The fourth-order valence-electron chi connectivity index (χ4n) is 3.89. The second-order valence-electron chi connectivity index (χ2n) is 6.78. The summed E-state index contributed by atoms with van der Waals surface area (Å²) in [5.41, 5.74) is -0.337. The van der Waals surface area contributed by atoms with E-state index in [9.17, 15) is 0 Å². The average molecular weight is 293 g/mol. The van der Waals surface area contributed by atoms with Crippen molar-refractivity contribution in [3.05, 3.63) is 11.7 Å². The Morgan fingerprint density at radius 1 is 1.38 bits per heavy atom. The maximum absolute atomic E-state index is 6.12. The van der Waals surface area contributed by atoms with E-state index in [-0.39, 0.29) is 11.6 Å². The molecule has 0 aromatic carbocycles. The molecular weight excluding hydrogens is 266 g/mol. The smallest absolute Gasteiger partial charge is 0.244 e. The van der Waals surface area contributed by atoms with Crippen LogP contribution in [0, 0.1) is 11.8 Å². The van der Waals surface area contributed by atoms with E-state index in [0.717, 1.165) is 37.5 Å². The van der Waals surface area contributed by atoms with Crippen LogP contribution in [-0.4, -0.2) is 23.3 Å². The number of nitrogens with zero attached hydrogens (tertiary/aromatic N) is 2. The normalized spacial score (nSPS) is 37.0. The Bertz CT molecular complexity index is 472. The van der Waals surface area contributed by atoms with Crippen molar-refractivity contribution >= 4 is 0 Å². The maximum Gasteiger partial charge on any atom is 0.244 e. The minimum atomic E-state index is -0.337. The fraction of sp³-hybridized carbons (Fsp3) is 0.875. The first kappa shape index (κ1) is 15.0. The minimum Gasteiger partial charge on any atom is -0.367 e. The number of aromatic nitrogens is 2. The summed E-state index contributed by atoms with van der Waals surface area (Å²) in [7, 11) is 0. The SMILES string of the molecule is CCOC1(c2noc(C3NCCC3C)n2)CCCC(C)C1. The third kappa shape index (κ3) is 2.86. The molecule has 1 aliphatic carbocycles. The minimum absolute atomic E-state index is 0.200. The molecule has 1 N–H and O–H groups in total. The van der Waals surface area contributed by atoms with E-state index in [4.69, 9.17) is 14.2 Å². The van der Waals surface area contributed by atoms with E-state index in [0.29, 0.717) is 18.4 Å². The van der Waals surface area contributed by atoms with Crippen LogP contribution in [0.5, 0.6) is 0 Å². The number of rotatable bonds is 4. The van der Waals surface area contributed by atoms with Gasteiger partial charge < -0.3 is 14.6 Å². The van der Waals surface area contributed by atoms with Crippen molar-refractivity contribution in [1.29, 1.82) is 0 Å². The van der Waals surface area contributed by atoms with Crippen LogP contribution in [0.3, 0.4) is 0 Å². The summed E-state index contributed by atoms with van der Waals surface area (Å²) in [4.78, 5) is 4.73. The summed E-state index contributed by atoms with van der Waals surface area (Å²) in [5, 5.41) is 7.75. The molecule has 2 heterocycles. The van der Waals surface area contributed by atoms with Crippen LogP contribution < -0.4 is 5.32 Å². The van der Waals surface area contributed by atoms with Crippen molar-refractivity contribution in [1.82, 2.24) is 15.5 Å². The maximum atomic E-state index is 6.12. The molecule has 5 heteroatoms. The van der Waals surface area contributed by atoms with Gasteiger partial charge in [-0.15, -0.1) is 0 Å². The van der Waals surface area contributed by atoms with Crippen molar-refractivity contribution in [3.63, 3.8) is 0 Å². The number of hydrogen-bond acceptors (Lipinski definition) is 5. The van der Waals surface area contributed by atoms with Gasteiger partial charge >= 0.3 is 0 Å². The monoisotopic (exact) mass is 293 g/mol. The molecule has 4 unspecified atom stereocenters. The first-order valence-electron chi connectivity index (χ1n) is 8.36. The van der Waals surface area contributed by atoms with E-state index in [1.54, 1.807) is 0 Å². The van der Waals surface area contributed by atoms with Gasteiger partial charge in [-0.3, -0.25) is 0 Å². The Kier molecular flexibility index (Phi) is 4.31. The zero-order chi connectivity index (χ0) is 14.9. The van der Waals surface area contributed by atoms with Gasteiger partial charge in [0.15, 0.2) is 0 Å². The molecule has 1 saturated heterocycles. The lowest BCUT2D eigenvalue weighted by atomic mass is 9.78. The highest BCUT2D eigenvalue weighted by Crippen LogP contribution is 2.42. The summed E-state index contributed by atoms with van der Waals surface area (Å²) in [6.45, 7) is 8.28. The molecule has 0 spiro atoms. The molecule has 118 valence electrons. The van der Waals surface area contributed by atoms with Gasteiger partial charge in [0.1, 0.15) is 5.60 Å². The van der Waals surface area contributed by atoms with Gasteiger partial charge in [0.2, 0.25) is 11.7 Å². The Labute approximate surface area is 126 Å². The molecule has 0 radical (unpaired) electrons. The molecule has 0 bridgehead atoms. The quantitative estimate of drug-likeness (QED) is 0.924. The summed E-state index contributed by atoms with van der Waals surface area (Å²) >= 11 is 0. The van der Waals surface area contributed by atoms with Crippen LogP contribution in [0.1, 0.15) is 70.6 Å². The number of nitrogens with one attached hydrogen (secondary N) is 1. The Morgan fingerprint density at radius 2 is 2.24 bits per heavy atom. The van der Waals surface area contributed by atoms with Crippen LogP contribution in [0.15, 0.2) is 4.52 Å². The molecule has 0 amide bonds. The summed E-state index contributed by atoms with van der Waals surface area (Å²) in [6.07, 6.45) is 5.59. The van der Waals surface area contributed by atoms with Gasteiger partial charge in [-0.2, -0.15) is 4.98 Å². The molecule has 4 atom stereocenters. The molecule has 1 aromatic heterocycles. The van der Waals surface area contributed by atoms with Crippen molar-refractivity contribution in [2.45, 2.75) is 64.5 Å². The Hall–Kier alpha value is -0.940. The molecular formula is C16H27N3O2. The van der Waals surface area contributed by atoms with Gasteiger partial charge in [-0.05, 0) is 51.0 Å². The highest BCUT2D eigenvalue weighted by atomic mass is 16.5. The van der Waals surface area contributed by atoms with E-state index in [1.807, 2.05) is 6.92 Å². The van der Waals surface area contributed by atoms with Gasteiger partial charge in [0.25, 0.3) is 0 Å². The summed E-state index contributed by atoms with van der Waals surface area (Å²) < 4.78 is 11.7. The van der Waals surface area contributed by atoms with Crippen LogP contribution in [0.4, 0.5) is 0 Å². The predicted octanol–water partition coefficient (Wildman–Crippen LogP) is 3.18. The molecule has 3 rings (SSSR count). The van der Waals surface area contributed by atoms with Crippen LogP contribution in [0.25, 0.3) is 0 Å². The third-order valence-corrected chi connectivity index (χ3v) is 5.02. The third-order valence-electron chi connectivity index (χ3n) is 5.02. The highest BCUT2D eigenvalue weighted by molar-refractivity contribution is 5.07. The second kappa shape index (κ2) is 6.05. The van der Waals surface area contributed by atoms with Gasteiger partial charge in [0, 0.05) is 6.61 Å². The summed E-state index contributed by atoms with van der Waals surface area (Å²) in [5.74, 6) is 2.68. The van der Waals surface area contributed by atoms with Crippen molar-refractivity contribution in [3.8, 4) is 0 Å². The lowest BCUT2D eigenvalue weighted by molar-refractivity contribution is -0.0891. The molecule has 2 aliphatic rings. The zero-order valence-corrected chi connectivity index (χ0v) is 13.4. The average Bonchev–Trinajstić information content (AvgIpc) is 3.07. The first-order chi connectivity index (χ1) is 10.1. The predicted molar refractivity (Wildman–Crippen MR) is 79.8 cm³/mol. The van der Waals surface area contributed by atoms with Gasteiger partial charge in [-0.25, -0.2) is 0 Å². The van der Waals surface area contributed by atoms with Gasteiger partial charge in [0.05, 0.1) is 6.04 Å². The molecule has 1 saturated carbocycles.